The highest BCUT2D eigenvalue weighted by molar-refractivity contribution is 5.79. The molecule has 0 aromatic heterocycles. The van der Waals surface area contributed by atoms with Crippen LogP contribution in [0.4, 0.5) is 0 Å². The van der Waals surface area contributed by atoms with Crippen LogP contribution < -0.4 is 10.2 Å². The van der Waals surface area contributed by atoms with Gasteiger partial charge in [-0.05, 0) is 43.2 Å². The summed E-state index contributed by atoms with van der Waals surface area (Å²) in [4.78, 5) is 27.3. The predicted octanol–water partition coefficient (Wildman–Crippen LogP) is 0.316. The standard InChI is InChI=1S/C19H27N3O2/c1-21(12-18(23)20-15-10-11-15)13-19(24)22(2)17-9-5-7-14-6-3-4-8-16(14)17/h3-4,6,8,15,17H,5,7,9-13H2,1-2H3,(H,20,23)/p+1/t17-/m0/s1. The normalized spacial score (nSPS) is 20.8. The highest BCUT2D eigenvalue weighted by Crippen LogP contribution is 2.33. The number of likely N-dealkylation sites (N-methyl/N-ethyl adjacent to an activating group) is 2. The smallest absolute Gasteiger partial charge is 0.278 e. The maximum atomic E-state index is 12.7. The SMILES string of the molecule is CN(C(=O)C[NH+](C)CC(=O)NC1CC1)[C@H]1CCCc2ccccc21. The van der Waals surface area contributed by atoms with Gasteiger partial charge < -0.3 is 15.1 Å². The predicted molar refractivity (Wildman–Crippen MR) is 92.7 cm³/mol. The molecule has 1 saturated carbocycles. The third kappa shape index (κ3) is 4.15. The van der Waals surface area contributed by atoms with E-state index in [0.29, 0.717) is 19.1 Å². The number of aryl methyl sites for hydroxylation is 1. The van der Waals surface area contributed by atoms with Crippen molar-refractivity contribution in [3.05, 3.63) is 35.4 Å². The van der Waals surface area contributed by atoms with Gasteiger partial charge in [0.1, 0.15) is 0 Å². The number of amides is 2. The van der Waals surface area contributed by atoms with Gasteiger partial charge in [-0.2, -0.15) is 0 Å². The van der Waals surface area contributed by atoms with E-state index in [1.54, 1.807) is 0 Å². The summed E-state index contributed by atoms with van der Waals surface area (Å²) < 4.78 is 0. The average molecular weight is 330 g/mol. The molecule has 5 nitrogen and oxygen atoms in total. The molecule has 1 unspecified atom stereocenters. The largest absolute Gasteiger partial charge is 0.348 e. The first-order valence-corrected chi connectivity index (χ1v) is 8.98. The van der Waals surface area contributed by atoms with Gasteiger partial charge in [-0.1, -0.05) is 24.3 Å². The molecule has 1 aromatic rings. The molecule has 24 heavy (non-hydrogen) atoms. The third-order valence-corrected chi connectivity index (χ3v) is 5.06. The first-order valence-electron chi connectivity index (χ1n) is 8.98. The molecule has 130 valence electrons. The number of rotatable bonds is 6. The lowest BCUT2D eigenvalue weighted by molar-refractivity contribution is -0.863. The lowest BCUT2D eigenvalue weighted by Gasteiger charge is -2.33. The molecule has 0 bridgehead atoms. The van der Waals surface area contributed by atoms with E-state index in [4.69, 9.17) is 0 Å². The maximum Gasteiger partial charge on any atom is 0.278 e. The van der Waals surface area contributed by atoms with Crippen molar-refractivity contribution in [3.8, 4) is 0 Å². The zero-order valence-corrected chi connectivity index (χ0v) is 14.7. The summed E-state index contributed by atoms with van der Waals surface area (Å²) in [6, 6.07) is 8.97. The van der Waals surface area contributed by atoms with Crippen LogP contribution in [0, 0.1) is 0 Å². The minimum Gasteiger partial charge on any atom is -0.348 e. The van der Waals surface area contributed by atoms with Gasteiger partial charge in [-0.25, -0.2) is 0 Å². The summed E-state index contributed by atoms with van der Waals surface area (Å²) in [5.41, 5.74) is 2.64. The second kappa shape index (κ2) is 7.34. The van der Waals surface area contributed by atoms with Crippen LogP contribution >= 0.6 is 0 Å². The fourth-order valence-corrected chi connectivity index (χ4v) is 3.53. The Hall–Kier alpha value is -1.88. The molecule has 0 radical (unpaired) electrons. The fraction of sp³-hybridized carbons (Fsp3) is 0.579. The quantitative estimate of drug-likeness (QED) is 0.789. The summed E-state index contributed by atoms with van der Waals surface area (Å²) in [5, 5.41) is 2.98. The van der Waals surface area contributed by atoms with Crippen molar-refractivity contribution in [2.75, 3.05) is 27.2 Å². The minimum atomic E-state index is 0.0495. The van der Waals surface area contributed by atoms with E-state index in [-0.39, 0.29) is 17.9 Å². The van der Waals surface area contributed by atoms with E-state index >= 15 is 0 Å². The molecular formula is C19H28N3O2+. The first kappa shape index (κ1) is 17.0. The van der Waals surface area contributed by atoms with Gasteiger partial charge >= 0.3 is 0 Å². The van der Waals surface area contributed by atoms with E-state index in [2.05, 4.69) is 29.6 Å². The number of carbonyl (C=O) groups excluding carboxylic acids is 2. The van der Waals surface area contributed by atoms with E-state index in [9.17, 15) is 9.59 Å². The zero-order chi connectivity index (χ0) is 17.1. The van der Waals surface area contributed by atoms with E-state index < -0.39 is 0 Å². The Labute approximate surface area is 144 Å². The van der Waals surface area contributed by atoms with Gasteiger partial charge in [0, 0.05) is 13.1 Å². The molecular weight excluding hydrogens is 302 g/mol. The number of fused-ring (bicyclic) bond motifs is 1. The number of nitrogens with zero attached hydrogens (tertiary/aromatic N) is 1. The first-order chi connectivity index (χ1) is 11.5. The number of nitrogens with one attached hydrogen (secondary N) is 2. The summed E-state index contributed by atoms with van der Waals surface area (Å²) in [5.74, 6) is 0.155. The Morgan fingerprint density at radius 1 is 1.21 bits per heavy atom. The molecule has 2 amide bonds. The molecule has 1 fully saturated rings. The summed E-state index contributed by atoms with van der Waals surface area (Å²) in [7, 11) is 3.81. The molecule has 2 N–H and O–H groups in total. The number of hydrogen-bond acceptors (Lipinski definition) is 2. The topological polar surface area (TPSA) is 53.9 Å². The van der Waals surface area contributed by atoms with Crippen LogP contribution in [0.2, 0.25) is 0 Å². The van der Waals surface area contributed by atoms with Gasteiger partial charge in [0.15, 0.2) is 13.1 Å². The second-order valence-electron chi connectivity index (χ2n) is 7.26. The molecule has 0 heterocycles. The van der Waals surface area contributed by atoms with Crippen LogP contribution in [0.25, 0.3) is 0 Å². The number of hydrogen-bond donors (Lipinski definition) is 2. The van der Waals surface area contributed by atoms with Crippen LogP contribution in [-0.4, -0.2) is 49.9 Å². The zero-order valence-electron chi connectivity index (χ0n) is 14.7. The Bertz CT molecular complexity index is 612. The van der Waals surface area contributed by atoms with Gasteiger partial charge in [0.25, 0.3) is 11.8 Å². The van der Waals surface area contributed by atoms with Gasteiger partial charge in [0.05, 0.1) is 13.1 Å². The summed E-state index contributed by atoms with van der Waals surface area (Å²) >= 11 is 0. The second-order valence-corrected chi connectivity index (χ2v) is 7.26. The Morgan fingerprint density at radius 2 is 1.96 bits per heavy atom. The van der Waals surface area contributed by atoms with Crippen LogP contribution in [-0.2, 0) is 16.0 Å². The minimum absolute atomic E-state index is 0.0495. The van der Waals surface area contributed by atoms with E-state index in [1.165, 1.54) is 11.1 Å². The van der Waals surface area contributed by atoms with Crippen molar-refractivity contribution >= 4 is 11.8 Å². The van der Waals surface area contributed by atoms with Gasteiger partial charge in [-0.15, -0.1) is 0 Å². The van der Waals surface area contributed by atoms with Crippen molar-refractivity contribution in [2.24, 2.45) is 0 Å². The number of carbonyl (C=O) groups is 2. The molecule has 2 atom stereocenters. The maximum absolute atomic E-state index is 12.7. The Morgan fingerprint density at radius 3 is 2.71 bits per heavy atom. The molecule has 1 aromatic carbocycles. The van der Waals surface area contributed by atoms with Crippen LogP contribution in [0.5, 0.6) is 0 Å². The fourth-order valence-electron chi connectivity index (χ4n) is 3.53. The Balaban J connectivity index is 1.55. The molecule has 2 aliphatic rings. The molecule has 5 heteroatoms. The number of benzene rings is 1. The van der Waals surface area contributed by atoms with Crippen LogP contribution in [0.15, 0.2) is 24.3 Å². The van der Waals surface area contributed by atoms with E-state index in [0.717, 1.165) is 37.0 Å². The molecule has 0 spiro atoms. The lowest BCUT2D eigenvalue weighted by Crippen LogP contribution is -3.11. The van der Waals surface area contributed by atoms with Crippen molar-refractivity contribution in [1.29, 1.82) is 0 Å². The highest BCUT2D eigenvalue weighted by Gasteiger charge is 2.29. The summed E-state index contributed by atoms with van der Waals surface area (Å²) in [6.45, 7) is 0.713. The molecule has 3 rings (SSSR count). The lowest BCUT2D eigenvalue weighted by atomic mass is 9.87. The monoisotopic (exact) mass is 330 g/mol. The summed E-state index contributed by atoms with van der Waals surface area (Å²) in [6.07, 6.45) is 5.41. The number of quaternary nitrogens is 1. The van der Waals surface area contributed by atoms with Gasteiger partial charge in [-0.3, -0.25) is 9.59 Å². The third-order valence-electron chi connectivity index (χ3n) is 5.06. The van der Waals surface area contributed by atoms with Gasteiger partial charge in [0.2, 0.25) is 0 Å². The molecule has 2 aliphatic carbocycles. The van der Waals surface area contributed by atoms with Crippen molar-refractivity contribution in [1.82, 2.24) is 10.2 Å². The van der Waals surface area contributed by atoms with Crippen molar-refractivity contribution in [2.45, 2.75) is 44.2 Å². The van der Waals surface area contributed by atoms with Crippen molar-refractivity contribution < 1.29 is 14.5 Å². The molecule has 0 aliphatic heterocycles. The van der Waals surface area contributed by atoms with E-state index in [1.807, 2.05) is 19.0 Å². The highest BCUT2D eigenvalue weighted by atomic mass is 16.2. The Kier molecular flexibility index (Phi) is 5.19. The average Bonchev–Trinajstić information content (AvgIpc) is 3.37. The molecule has 0 saturated heterocycles. The van der Waals surface area contributed by atoms with Crippen molar-refractivity contribution in [3.63, 3.8) is 0 Å². The van der Waals surface area contributed by atoms with Crippen LogP contribution in [0.3, 0.4) is 0 Å². The van der Waals surface area contributed by atoms with Crippen LogP contribution in [0.1, 0.15) is 42.9 Å².